The lowest BCUT2D eigenvalue weighted by atomic mass is 10.0. The van der Waals surface area contributed by atoms with Crippen LogP contribution in [0.1, 0.15) is 18.4 Å². The van der Waals surface area contributed by atoms with E-state index < -0.39 is 0 Å². The Kier molecular flexibility index (Phi) is 4.57. The molecule has 1 saturated heterocycles. The van der Waals surface area contributed by atoms with Crippen molar-refractivity contribution in [3.63, 3.8) is 0 Å². The maximum atomic E-state index is 14.4. The molecule has 1 aliphatic rings. The van der Waals surface area contributed by atoms with E-state index in [-0.39, 0.29) is 18.1 Å². The summed E-state index contributed by atoms with van der Waals surface area (Å²) in [6.45, 7) is 1.80. The van der Waals surface area contributed by atoms with Gasteiger partial charge in [-0.2, -0.15) is 0 Å². The summed E-state index contributed by atoms with van der Waals surface area (Å²) in [6, 6.07) is 19.0. The van der Waals surface area contributed by atoms with Gasteiger partial charge in [0.2, 0.25) is 5.91 Å². The molecule has 1 amide bonds. The number of carbonyl (C=O) groups is 1. The van der Waals surface area contributed by atoms with E-state index in [1.807, 2.05) is 48.5 Å². The minimum Gasteiger partial charge on any atom is -0.370 e. The topological polar surface area (TPSA) is 32.3 Å². The third-order valence-electron chi connectivity index (χ3n) is 4.88. The molecule has 3 aromatic rings. The number of rotatable bonds is 4. The van der Waals surface area contributed by atoms with E-state index in [0.717, 1.165) is 48.0 Å². The summed E-state index contributed by atoms with van der Waals surface area (Å²) >= 11 is 0. The molecule has 132 valence electrons. The van der Waals surface area contributed by atoms with E-state index in [2.05, 4.69) is 10.2 Å². The molecule has 1 fully saturated rings. The summed E-state index contributed by atoms with van der Waals surface area (Å²) in [5, 5.41) is 5.04. The SMILES string of the molecule is O=C(Cc1ccc2ccccc2c1)Nc1c(F)cccc1N1CCCC1. The van der Waals surface area contributed by atoms with Gasteiger partial charge in [-0.1, -0.05) is 48.5 Å². The van der Waals surface area contributed by atoms with Crippen molar-refractivity contribution < 1.29 is 9.18 Å². The van der Waals surface area contributed by atoms with Gasteiger partial charge >= 0.3 is 0 Å². The highest BCUT2D eigenvalue weighted by molar-refractivity contribution is 5.96. The highest BCUT2D eigenvalue weighted by Crippen LogP contribution is 2.31. The second kappa shape index (κ2) is 7.16. The molecule has 0 aliphatic carbocycles. The third-order valence-corrected chi connectivity index (χ3v) is 4.88. The van der Waals surface area contributed by atoms with Gasteiger partial charge in [0.25, 0.3) is 0 Å². The number of halogens is 1. The van der Waals surface area contributed by atoms with Crippen molar-refractivity contribution in [2.45, 2.75) is 19.3 Å². The van der Waals surface area contributed by atoms with E-state index in [9.17, 15) is 9.18 Å². The maximum absolute atomic E-state index is 14.4. The standard InChI is InChI=1S/C22H21FN2O/c23-19-8-5-9-20(25-12-3-4-13-25)22(19)24-21(26)15-16-10-11-17-6-1-2-7-18(17)14-16/h1-2,5-11,14H,3-4,12-13,15H2,(H,24,26). The van der Waals surface area contributed by atoms with Gasteiger partial charge < -0.3 is 10.2 Å². The predicted molar refractivity (Wildman–Crippen MR) is 104 cm³/mol. The zero-order chi connectivity index (χ0) is 17.9. The first kappa shape index (κ1) is 16.6. The van der Waals surface area contributed by atoms with Crippen molar-refractivity contribution in [3.05, 3.63) is 72.0 Å². The van der Waals surface area contributed by atoms with Gasteiger partial charge in [0.15, 0.2) is 0 Å². The van der Waals surface area contributed by atoms with Gasteiger partial charge in [0.1, 0.15) is 11.5 Å². The molecule has 0 aromatic heterocycles. The molecular formula is C22H21FN2O. The number of amides is 1. The van der Waals surface area contributed by atoms with Crippen LogP contribution in [-0.4, -0.2) is 19.0 Å². The number of hydrogen-bond donors (Lipinski definition) is 1. The quantitative estimate of drug-likeness (QED) is 0.737. The second-order valence-corrected chi connectivity index (χ2v) is 6.73. The third kappa shape index (κ3) is 3.40. The van der Waals surface area contributed by atoms with Crippen molar-refractivity contribution in [1.82, 2.24) is 0 Å². The largest absolute Gasteiger partial charge is 0.370 e. The lowest BCUT2D eigenvalue weighted by Crippen LogP contribution is -2.22. The van der Waals surface area contributed by atoms with E-state index in [1.54, 1.807) is 6.07 Å². The van der Waals surface area contributed by atoms with Crippen LogP contribution in [0, 0.1) is 5.82 Å². The summed E-state index contributed by atoms with van der Waals surface area (Å²) in [5.41, 5.74) is 1.98. The van der Waals surface area contributed by atoms with Gasteiger partial charge in [0, 0.05) is 13.1 Å². The highest BCUT2D eigenvalue weighted by Gasteiger charge is 2.19. The Hall–Kier alpha value is -2.88. The molecule has 0 unspecified atom stereocenters. The minimum atomic E-state index is -0.388. The lowest BCUT2D eigenvalue weighted by Gasteiger charge is -2.22. The van der Waals surface area contributed by atoms with Crippen LogP contribution >= 0.6 is 0 Å². The van der Waals surface area contributed by atoms with Crippen LogP contribution in [0.5, 0.6) is 0 Å². The second-order valence-electron chi connectivity index (χ2n) is 6.73. The van der Waals surface area contributed by atoms with Gasteiger partial charge in [-0.25, -0.2) is 4.39 Å². The Morgan fingerprint density at radius 3 is 2.54 bits per heavy atom. The van der Waals surface area contributed by atoms with E-state index >= 15 is 0 Å². The Morgan fingerprint density at radius 2 is 1.73 bits per heavy atom. The molecule has 0 bridgehead atoms. The molecule has 3 nitrogen and oxygen atoms in total. The Balaban J connectivity index is 1.54. The Labute approximate surface area is 152 Å². The molecule has 1 heterocycles. The van der Waals surface area contributed by atoms with Gasteiger partial charge in [-0.05, 0) is 41.3 Å². The number of nitrogens with one attached hydrogen (secondary N) is 1. The van der Waals surface area contributed by atoms with E-state index in [4.69, 9.17) is 0 Å². The van der Waals surface area contributed by atoms with Crippen LogP contribution in [0.25, 0.3) is 10.8 Å². The van der Waals surface area contributed by atoms with Crippen LogP contribution in [0.4, 0.5) is 15.8 Å². The fourth-order valence-corrected chi connectivity index (χ4v) is 3.58. The van der Waals surface area contributed by atoms with Crippen molar-refractivity contribution in [2.24, 2.45) is 0 Å². The first-order valence-electron chi connectivity index (χ1n) is 9.02. The van der Waals surface area contributed by atoms with Crippen LogP contribution < -0.4 is 10.2 Å². The van der Waals surface area contributed by atoms with E-state index in [0.29, 0.717) is 5.69 Å². The van der Waals surface area contributed by atoms with Crippen LogP contribution in [-0.2, 0) is 11.2 Å². The zero-order valence-electron chi connectivity index (χ0n) is 14.5. The van der Waals surface area contributed by atoms with Crippen LogP contribution in [0.2, 0.25) is 0 Å². The summed E-state index contributed by atoms with van der Waals surface area (Å²) < 4.78 is 14.4. The maximum Gasteiger partial charge on any atom is 0.228 e. The number of para-hydroxylation sites is 1. The van der Waals surface area contributed by atoms with Crippen molar-refractivity contribution in [1.29, 1.82) is 0 Å². The van der Waals surface area contributed by atoms with Gasteiger partial charge in [-0.15, -0.1) is 0 Å². The van der Waals surface area contributed by atoms with Gasteiger partial charge in [0.05, 0.1) is 12.1 Å². The summed E-state index contributed by atoms with van der Waals surface area (Å²) in [4.78, 5) is 14.7. The molecular weight excluding hydrogens is 327 g/mol. The lowest BCUT2D eigenvalue weighted by molar-refractivity contribution is -0.115. The van der Waals surface area contributed by atoms with Crippen LogP contribution in [0.3, 0.4) is 0 Å². The predicted octanol–water partition coefficient (Wildman–Crippen LogP) is 4.76. The molecule has 0 spiro atoms. The summed E-state index contributed by atoms with van der Waals surface area (Å²) in [7, 11) is 0. The Morgan fingerprint density at radius 1 is 0.962 bits per heavy atom. The molecule has 4 rings (SSSR count). The number of hydrogen-bond acceptors (Lipinski definition) is 2. The molecule has 26 heavy (non-hydrogen) atoms. The molecule has 0 saturated carbocycles. The van der Waals surface area contributed by atoms with Crippen molar-refractivity contribution >= 4 is 28.1 Å². The number of fused-ring (bicyclic) bond motifs is 1. The Bertz CT molecular complexity index is 948. The molecule has 3 aromatic carbocycles. The van der Waals surface area contributed by atoms with Gasteiger partial charge in [-0.3, -0.25) is 4.79 Å². The molecule has 1 aliphatic heterocycles. The molecule has 0 atom stereocenters. The number of carbonyl (C=O) groups excluding carboxylic acids is 1. The monoisotopic (exact) mass is 348 g/mol. The van der Waals surface area contributed by atoms with Crippen molar-refractivity contribution in [2.75, 3.05) is 23.3 Å². The highest BCUT2D eigenvalue weighted by atomic mass is 19.1. The first-order chi connectivity index (χ1) is 12.7. The molecule has 4 heteroatoms. The molecule has 1 N–H and O–H groups in total. The average molecular weight is 348 g/mol. The number of nitrogens with zero attached hydrogens (tertiary/aromatic N) is 1. The van der Waals surface area contributed by atoms with Crippen LogP contribution in [0.15, 0.2) is 60.7 Å². The summed E-state index contributed by atoms with van der Waals surface area (Å²) in [6.07, 6.45) is 2.42. The minimum absolute atomic E-state index is 0.203. The van der Waals surface area contributed by atoms with Crippen molar-refractivity contribution in [3.8, 4) is 0 Å². The number of anilines is 2. The normalized spacial score (nSPS) is 14.0. The fourth-order valence-electron chi connectivity index (χ4n) is 3.58. The number of benzene rings is 3. The first-order valence-corrected chi connectivity index (χ1v) is 9.02. The zero-order valence-corrected chi connectivity index (χ0v) is 14.5. The molecule has 0 radical (unpaired) electrons. The smallest absolute Gasteiger partial charge is 0.228 e. The summed E-state index contributed by atoms with van der Waals surface area (Å²) in [5.74, 6) is -0.591. The average Bonchev–Trinajstić information content (AvgIpc) is 3.18. The fraction of sp³-hybridized carbons (Fsp3) is 0.227. The van der Waals surface area contributed by atoms with E-state index in [1.165, 1.54) is 6.07 Å².